The summed E-state index contributed by atoms with van der Waals surface area (Å²) in [4.78, 5) is 12.8. The lowest BCUT2D eigenvalue weighted by Crippen LogP contribution is -2.37. The van der Waals surface area contributed by atoms with E-state index in [9.17, 15) is 4.79 Å². The molecule has 0 aliphatic rings. The molecule has 0 aliphatic carbocycles. The summed E-state index contributed by atoms with van der Waals surface area (Å²) in [6.07, 6.45) is 0. The maximum Gasteiger partial charge on any atom is 0.323 e. The summed E-state index contributed by atoms with van der Waals surface area (Å²) in [7, 11) is 1.78. The van der Waals surface area contributed by atoms with Crippen molar-refractivity contribution in [3.63, 3.8) is 0 Å². The molecule has 0 spiro atoms. The van der Waals surface area contributed by atoms with Crippen LogP contribution in [0.15, 0.2) is 23.1 Å². The van der Waals surface area contributed by atoms with Crippen molar-refractivity contribution in [2.24, 2.45) is 0 Å². The minimum atomic E-state index is -0.253. The molecule has 0 aromatic heterocycles. The molecule has 100 valence electrons. The average molecular weight is 267 g/mol. The van der Waals surface area contributed by atoms with E-state index < -0.39 is 0 Å². The highest BCUT2D eigenvalue weighted by Crippen LogP contribution is 2.21. The zero-order valence-corrected chi connectivity index (χ0v) is 12.3. The zero-order chi connectivity index (χ0) is 13.5. The van der Waals surface area contributed by atoms with Gasteiger partial charge in [0.1, 0.15) is 6.04 Å². The summed E-state index contributed by atoms with van der Waals surface area (Å²) >= 11 is 1.67. The van der Waals surface area contributed by atoms with Crippen molar-refractivity contribution in [2.45, 2.75) is 31.7 Å². The number of hydrogen-bond donors (Lipinski definition) is 1. The Balaban J connectivity index is 2.56. The van der Waals surface area contributed by atoms with Crippen LogP contribution in [-0.4, -0.2) is 31.4 Å². The Bertz CT molecular complexity index is 407. The Morgan fingerprint density at radius 3 is 2.67 bits per heavy atom. The van der Waals surface area contributed by atoms with Gasteiger partial charge in [0.2, 0.25) is 0 Å². The van der Waals surface area contributed by atoms with Gasteiger partial charge in [0.15, 0.2) is 0 Å². The fourth-order valence-corrected chi connectivity index (χ4v) is 2.58. The van der Waals surface area contributed by atoms with Gasteiger partial charge in [-0.25, -0.2) is 0 Å². The van der Waals surface area contributed by atoms with Gasteiger partial charge >= 0.3 is 5.97 Å². The largest absolute Gasteiger partial charge is 0.465 e. The van der Waals surface area contributed by atoms with E-state index in [-0.39, 0.29) is 12.0 Å². The van der Waals surface area contributed by atoms with Crippen LogP contribution >= 0.6 is 11.8 Å². The molecule has 1 N–H and O–H groups in total. The molecule has 0 radical (unpaired) electrons. The number of aryl methyl sites for hydroxylation is 2. The molecular formula is C14H21NO2S. The number of esters is 1. The van der Waals surface area contributed by atoms with Crippen molar-refractivity contribution < 1.29 is 9.53 Å². The minimum absolute atomic E-state index is 0.184. The number of rotatable bonds is 6. The van der Waals surface area contributed by atoms with Crippen LogP contribution < -0.4 is 5.32 Å². The third-order valence-corrected chi connectivity index (χ3v) is 3.90. The van der Waals surface area contributed by atoms with Crippen molar-refractivity contribution in [1.82, 2.24) is 5.32 Å². The van der Waals surface area contributed by atoms with Gasteiger partial charge in [0, 0.05) is 10.6 Å². The second-order valence-corrected chi connectivity index (χ2v) is 5.24. The predicted octanol–water partition coefficient (Wildman–Crippen LogP) is 2.55. The lowest BCUT2D eigenvalue weighted by molar-refractivity contribution is -0.144. The van der Waals surface area contributed by atoms with Crippen molar-refractivity contribution >= 4 is 17.7 Å². The van der Waals surface area contributed by atoms with Crippen LogP contribution in [0.1, 0.15) is 18.1 Å². The third kappa shape index (κ3) is 4.35. The molecule has 0 saturated heterocycles. The highest BCUT2D eigenvalue weighted by molar-refractivity contribution is 7.99. The Morgan fingerprint density at radius 1 is 1.39 bits per heavy atom. The van der Waals surface area contributed by atoms with E-state index in [1.807, 2.05) is 6.92 Å². The Labute approximate surface area is 113 Å². The van der Waals surface area contributed by atoms with Gasteiger partial charge in [-0.05, 0) is 51.1 Å². The number of nitrogens with one attached hydrogen (secondary N) is 1. The van der Waals surface area contributed by atoms with Crippen molar-refractivity contribution in [2.75, 3.05) is 19.4 Å². The van der Waals surface area contributed by atoms with Crippen LogP contribution in [-0.2, 0) is 9.53 Å². The molecule has 4 heteroatoms. The number of ether oxygens (including phenoxy) is 1. The number of likely N-dealkylation sites (N-methyl/N-ethyl adjacent to an activating group) is 1. The van der Waals surface area contributed by atoms with Crippen LogP contribution in [0.3, 0.4) is 0 Å². The summed E-state index contributed by atoms with van der Waals surface area (Å²) in [5, 5.41) is 2.99. The molecule has 1 unspecified atom stereocenters. The maximum atomic E-state index is 11.6. The molecule has 18 heavy (non-hydrogen) atoms. The van der Waals surface area contributed by atoms with Crippen molar-refractivity contribution in [1.29, 1.82) is 0 Å². The minimum Gasteiger partial charge on any atom is -0.465 e. The van der Waals surface area contributed by atoms with Gasteiger partial charge in [-0.15, -0.1) is 11.8 Å². The van der Waals surface area contributed by atoms with Crippen molar-refractivity contribution in [3.8, 4) is 0 Å². The Kier molecular flexibility index (Phi) is 6.22. The molecule has 0 fully saturated rings. The summed E-state index contributed by atoms with van der Waals surface area (Å²) in [5.74, 6) is 0.494. The molecule has 1 aromatic rings. The average Bonchev–Trinajstić information content (AvgIpc) is 2.34. The number of hydrogen-bond acceptors (Lipinski definition) is 4. The van der Waals surface area contributed by atoms with E-state index in [1.165, 1.54) is 16.0 Å². The highest BCUT2D eigenvalue weighted by Gasteiger charge is 2.17. The molecule has 1 atom stereocenters. The lowest BCUT2D eigenvalue weighted by atomic mass is 10.1. The third-order valence-electron chi connectivity index (χ3n) is 2.81. The monoisotopic (exact) mass is 267 g/mol. The quantitative estimate of drug-likeness (QED) is 0.635. The topological polar surface area (TPSA) is 38.3 Å². The molecular weight excluding hydrogens is 246 g/mol. The SMILES string of the molecule is CCOC(=O)C(CSc1ccc(C)c(C)c1)NC. The van der Waals surface area contributed by atoms with Crippen molar-refractivity contribution in [3.05, 3.63) is 29.3 Å². The number of thioether (sulfide) groups is 1. The second kappa shape index (κ2) is 7.44. The predicted molar refractivity (Wildman–Crippen MR) is 76.1 cm³/mol. The molecule has 0 heterocycles. The highest BCUT2D eigenvalue weighted by atomic mass is 32.2. The van der Waals surface area contributed by atoms with Crippen LogP contribution in [0.5, 0.6) is 0 Å². The van der Waals surface area contributed by atoms with Crippen LogP contribution in [0, 0.1) is 13.8 Å². The molecule has 1 rings (SSSR count). The molecule has 0 aliphatic heterocycles. The normalized spacial score (nSPS) is 12.2. The first kappa shape index (κ1) is 15.1. The van der Waals surface area contributed by atoms with E-state index in [4.69, 9.17) is 4.74 Å². The standard InChI is InChI=1S/C14H21NO2S/c1-5-17-14(16)13(15-4)9-18-12-7-6-10(2)11(3)8-12/h6-8,13,15H,5,9H2,1-4H3. The summed E-state index contributed by atoms with van der Waals surface area (Å²) in [6, 6.07) is 6.09. The van der Waals surface area contributed by atoms with E-state index in [1.54, 1.807) is 18.8 Å². The summed E-state index contributed by atoms with van der Waals surface area (Å²) in [5.41, 5.74) is 2.56. The van der Waals surface area contributed by atoms with Gasteiger partial charge in [0.05, 0.1) is 6.61 Å². The van der Waals surface area contributed by atoms with Gasteiger partial charge in [-0.2, -0.15) is 0 Å². The van der Waals surface area contributed by atoms with Gasteiger partial charge in [-0.1, -0.05) is 6.07 Å². The van der Waals surface area contributed by atoms with Gasteiger partial charge in [0.25, 0.3) is 0 Å². The molecule has 0 bridgehead atoms. The fraction of sp³-hybridized carbons (Fsp3) is 0.500. The van der Waals surface area contributed by atoms with Crippen LogP contribution in [0.25, 0.3) is 0 Å². The maximum absolute atomic E-state index is 11.6. The lowest BCUT2D eigenvalue weighted by Gasteiger charge is -2.14. The van der Waals surface area contributed by atoms with Gasteiger partial charge in [-0.3, -0.25) is 4.79 Å². The van der Waals surface area contributed by atoms with E-state index in [0.29, 0.717) is 12.4 Å². The fourth-order valence-electron chi connectivity index (χ4n) is 1.50. The Morgan fingerprint density at radius 2 is 2.11 bits per heavy atom. The van der Waals surface area contributed by atoms with Gasteiger partial charge < -0.3 is 10.1 Å². The van der Waals surface area contributed by atoms with E-state index in [2.05, 4.69) is 37.4 Å². The number of carbonyl (C=O) groups is 1. The number of benzene rings is 1. The zero-order valence-electron chi connectivity index (χ0n) is 11.4. The van der Waals surface area contributed by atoms with E-state index >= 15 is 0 Å². The number of carbonyl (C=O) groups excluding carboxylic acids is 1. The van der Waals surface area contributed by atoms with Crippen LogP contribution in [0.2, 0.25) is 0 Å². The summed E-state index contributed by atoms with van der Waals surface area (Å²) in [6.45, 7) is 6.44. The van der Waals surface area contributed by atoms with Crippen LogP contribution in [0.4, 0.5) is 0 Å². The second-order valence-electron chi connectivity index (χ2n) is 4.15. The molecule has 0 amide bonds. The molecule has 3 nitrogen and oxygen atoms in total. The smallest absolute Gasteiger partial charge is 0.323 e. The summed E-state index contributed by atoms with van der Waals surface area (Å²) < 4.78 is 5.01. The molecule has 1 aromatic carbocycles. The first-order valence-corrected chi connectivity index (χ1v) is 7.11. The first-order valence-electron chi connectivity index (χ1n) is 6.12. The van der Waals surface area contributed by atoms with E-state index in [0.717, 1.165) is 0 Å². The molecule has 0 saturated carbocycles. The first-order chi connectivity index (χ1) is 8.58. The Hall–Kier alpha value is -1.00.